The van der Waals surface area contributed by atoms with Crippen molar-refractivity contribution in [3.63, 3.8) is 0 Å². The van der Waals surface area contributed by atoms with Gasteiger partial charge in [-0.25, -0.2) is 4.68 Å². The molecule has 0 aliphatic heterocycles. The van der Waals surface area contributed by atoms with Gasteiger partial charge in [-0.1, -0.05) is 11.8 Å². The third-order valence-corrected chi connectivity index (χ3v) is 6.49. The number of primary amides is 1. The monoisotopic (exact) mass is 415 g/mol. The first kappa shape index (κ1) is 18.4. The summed E-state index contributed by atoms with van der Waals surface area (Å²) in [4.78, 5) is 29.4. The molecule has 0 bridgehead atoms. The quantitative estimate of drug-likeness (QED) is 0.408. The Morgan fingerprint density at radius 3 is 2.93 bits per heavy atom. The van der Waals surface area contributed by atoms with Crippen LogP contribution in [0.5, 0.6) is 0 Å². The topological polar surface area (TPSA) is 142 Å². The lowest BCUT2D eigenvalue weighted by atomic mass is 10.1. The van der Waals surface area contributed by atoms with Crippen LogP contribution >= 0.6 is 23.1 Å². The first-order valence-corrected chi connectivity index (χ1v) is 10.3. The SMILES string of the molecule is NC(=O)c1c(NC(=O)CSc2nnc(-c3cccnc3)n2N)sc2c1CCC2. The van der Waals surface area contributed by atoms with E-state index in [1.807, 2.05) is 6.07 Å². The minimum absolute atomic E-state index is 0.0726. The molecule has 9 nitrogen and oxygen atoms in total. The number of nitrogen functional groups attached to an aromatic ring is 1. The number of nitrogens with two attached hydrogens (primary N) is 2. The predicted octanol–water partition coefficient (Wildman–Crippen LogP) is 1.43. The molecule has 4 rings (SSSR count). The minimum atomic E-state index is -0.509. The van der Waals surface area contributed by atoms with Gasteiger partial charge < -0.3 is 16.9 Å². The zero-order valence-electron chi connectivity index (χ0n) is 14.7. The number of rotatable bonds is 6. The molecule has 3 heterocycles. The van der Waals surface area contributed by atoms with Crippen LogP contribution in [0.1, 0.15) is 27.2 Å². The first-order valence-electron chi connectivity index (χ1n) is 8.52. The highest BCUT2D eigenvalue weighted by molar-refractivity contribution is 7.99. The van der Waals surface area contributed by atoms with Gasteiger partial charge in [0.15, 0.2) is 5.82 Å². The Hall–Kier alpha value is -2.92. The molecule has 11 heteroatoms. The zero-order valence-corrected chi connectivity index (χ0v) is 16.3. The van der Waals surface area contributed by atoms with E-state index in [1.165, 1.54) is 16.0 Å². The number of nitrogens with zero attached hydrogens (tertiary/aromatic N) is 4. The third-order valence-electron chi connectivity index (χ3n) is 4.34. The molecule has 1 aliphatic carbocycles. The highest BCUT2D eigenvalue weighted by atomic mass is 32.2. The Bertz CT molecular complexity index is 1050. The fraction of sp³-hybridized carbons (Fsp3) is 0.235. The number of aromatic nitrogens is 4. The van der Waals surface area contributed by atoms with E-state index in [0.717, 1.165) is 47.0 Å². The van der Waals surface area contributed by atoms with Crippen LogP contribution in [0.25, 0.3) is 11.4 Å². The average molecular weight is 416 g/mol. The number of thiophene rings is 1. The van der Waals surface area contributed by atoms with Crippen LogP contribution in [0, 0.1) is 0 Å². The lowest BCUT2D eigenvalue weighted by molar-refractivity contribution is -0.113. The van der Waals surface area contributed by atoms with Crippen LogP contribution in [0.4, 0.5) is 5.00 Å². The summed E-state index contributed by atoms with van der Waals surface area (Å²) in [6, 6.07) is 3.60. The van der Waals surface area contributed by atoms with E-state index in [1.54, 1.807) is 18.5 Å². The molecule has 28 heavy (non-hydrogen) atoms. The van der Waals surface area contributed by atoms with Crippen LogP contribution in [-0.2, 0) is 17.6 Å². The fourth-order valence-corrected chi connectivity index (χ4v) is 5.08. The standard InChI is InChI=1S/C17H17N7O2S2/c18-14(26)13-10-4-1-5-11(10)28-16(13)21-12(25)8-27-17-23-22-15(24(17)19)9-3-2-6-20-7-9/h2-3,6-7H,1,4-5,8,19H2,(H2,18,26)(H,21,25). The molecule has 144 valence electrons. The number of hydrogen-bond acceptors (Lipinski definition) is 8. The van der Waals surface area contributed by atoms with Crippen molar-refractivity contribution in [2.45, 2.75) is 24.4 Å². The summed E-state index contributed by atoms with van der Waals surface area (Å²) in [6.45, 7) is 0. The highest BCUT2D eigenvalue weighted by Gasteiger charge is 2.26. The number of pyridine rings is 1. The molecule has 3 aromatic rings. The number of amides is 2. The van der Waals surface area contributed by atoms with E-state index in [2.05, 4.69) is 20.5 Å². The van der Waals surface area contributed by atoms with E-state index in [0.29, 0.717) is 21.5 Å². The van der Waals surface area contributed by atoms with E-state index in [9.17, 15) is 9.59 Å². The van der Waals surface area contributed by atoms with Gasteiger partial charge in [0.2, 0.25) is 11.1 Å². The molecule has 0 atom stereocenters. The molecule has 5 N–H and O–H groups in total. The van der Waals surface area contributed by atoms with Gasteiger partial charge in [-0.05, 0) is 37.0 Å². The average Bonchev–Trinajstić information content (AvgIpc) is 3.35. The largest absolute Gasteiger partial charge is 0.365 e. The van der Waals surface area contributed by atoms with Gasteiger partial charge in [0.05, 0.1) is 11.3 Å². The molecular formula is C17H17N7O2S2. The second-order valence-corrected chi connectivity index (χ2v) is 8.23. The molecule has 1 aliphatic rings. The second-order valence-electron chi connectivity index (χ2n) is 6.18. The molecule has 0 saturated heterocycles. The van der Waals surface area contributed by atoms with Gasteiger partial charge >= 0.3 is 0 Å². The maximum atomic E-state index is 12.4. The van der Waals surface area contributed by atoms with Gasteiger partial charge in [0.25, 0.3) is 5.91 Å². The summed E-state index contributed by atoms with van der Waals surface area (Å²) in [7, 11) is 0. The Labute approximate surface area is 168 Å². The summed E-state index contributed by atoms with van der Waals surface area (Å²) >= 11 is 2.58. The van der Waals surface area contributed by atoms with Crippen molar-refractivity contribution in [3.8, 4) is 11.4 Å². The van der Waals surface area contributed by atoms with Crippen LogP contribution in [0.2, 0.25) is 0 Å². The zero-order chi connectivity index (χ0) is 19.7. The number of nitrogens with one attached hydrogen (secondary N) is 1. The Balaban J connectivity index is 1.44. The van der Waals surface area contributed by atoms with Gasteiger partial charge in [0.1, 0.15) is 5.00 Å². The maximum Gasteiger partial charge on any atom is 0.251 e. The number of thioether (sulfide) groups is 1. The van der Waals surface area contributed by atoms with E-state index in [4.69, 9.17) is 11.6 Å². The molecule has 3 aromatic heterocycles. The number of hydrogen-bond donors (Lipinski definition) is 3. The van der Waals surface area contributed by atoms with Crippen molar-refractivity contribution in [1.29, 1.82) is 0 Å². The molecule has 2 amide bonds. The normalized spacial score (nSPS) is 12.7. The summed E-state index contributed by atoms with van der Waals surface area (Å²) < 4.78 is 1.32. The second kappa shape index (κ2) is 7.60. The predicted molar refractivity (Wildman–Crippen MR) is 108 cm³/mol. The number of carbonyl (C=O) groups excluding carboxylic acids is 2. The Morgan fingerprint density at radius 1 is 1.32 bits per heavy atom. The summed E-state index contributed by atoms with van der Waals surface area (Å²) in [6.07, 6.45) is 6.04. The lowest BCUT2D eigenvalue weighted by Gasteiger charge is -2.06. The van der Waals surface area contributed by atoms with Crippen molar-refractivity contribution in [3.05, 3.63) is 40.5 Å². The van der Waals surface area contributed by atoms with E-state index < -0.39 is 5.91 Å². The van der Waals surface area contributed by atoms with Crippen LogP contribution in [0.15, 0.2) is 29.7 Å². The summed E-state index contributed by atoms with van der Waals surface area (Å²) in [5, 5.41) is 11.8. The number of aryl methyl sites for hydroxylation is 1. The lowest BCUT2D eigenvalue weighted by Crippen LogP contribution is -2.19. The van der Waals surface area contributed by atoms with Crippen LogP contribution in [0.3, 0.4) is 0 Å². The van der Waals surface area contributed by atoms with Crippen molar-refractivity contribution < 1.29 is 9.59 Å². The van der Waals surface area contributed by atoms with E-state index in [-0.39, 0.29) is 11.7 Å². The molecule has 0 radical (unpaired) electrons. The smallest absolute Gasteiger partial charge is 0.251 e. The van der Waals surface area contributed by atoms with Crippen molar-refractivity contribution in [2.24, 2.45) is 5.73 Å². The van der Waals surface area contributed by atoms with Crippen molar-refractivity contribution in [1.82, 2.24) is 19.9 Å². The van der Waals surface area contributed by atoms with Crippen LogP contribution < -0.4 is 16.9 Å². The minimum Gasteiger partial charge on any atom is -0.365 e. The molecule has 0 fully saturated rings. The van der Waals surface area contributed by atoms with E-state index >= 15 is 0 Å². The van der Waals surface area contributed by atoms with Gasteiger partial charge in [0, 0.05) is 22.8 Å². The van der Waals surface area contributed by atoms with Crippen LogP contribution in [-0.4, -0.2) is 37.4 Å². The maximum absolute atomic E-state index is 12.4. The first-order chi connectivity index (χ1) is 13.5. The molecule has 0 unspecified atom stereocenters. The van der Waals surface area contributed by atoms with Crippen molar-refractivity contribution in [2.75, 3.05) is 16.9 Å². The summed E-state index contributed by atoms with van der Waals surface area (Å²) in [5.41, 5.74) is 7.66. The van der Waals surface area contributed by atoms with Gasteiger partial charge in [-0.3, -0.25) is 14.6 Å². The summed E-state index contributed by atoms with van der Waals surface area (Å²) in [5.74, 6) is 5.80. The number of fused-ring (bicyclic) bond motifs is 1. The molecule has 0 aromatic carbocycles. The molecule has 0 saturated carbocycles. The Kier molecular flexibility index (Phi) is 5.01. The molecule has 0 spiro atoms. The van der Waals surface area contributed by atoms with Gasteiger partial charge in [-0.2, -0.15) is 0 Å². The number of anilines is 1. The number of carbonyl (C=O) groups is 2. The third kappa shape index (κ3) is 3.45. The molecular weight excluding hydrogens is 398 g/mol. The fourth-order valence-electron chi connectivity index (χ4n) is 3.11. The highest BCUT2D eigenvalue weighted by Crippen LogP contribution is 2.38. The Morgan fingerprint density at radius 2 is 2.18 bits per heavy atom. The van der Waals surface area contributed by atoms with Gasteiger partial charge in [-0.15, -0.1) is 21.5 Å². The van der Waals surface area contributed by atoms with Crippen molar-refractivity contribution >= 4 is 39.9 Å².